The highest BCUT2D eigenvalue weighted by molar-refractivity contribution is 5.10. The van der Waals surface area contributed by atoms with E-state index in [2.05, 4.69) is 62.8 Å². The second-order valence-electron chi connectivity index (χ2n) is 7.65. The number of nitrogens with zero attached hydrogens (tertiary/aromatic N) is 2. The zero-order valence-corrected chi connectivity index (χ0v) is 14.9. The molecule has 1 N–H and O–H groups in total. The molecule has 2 atom stereocenters. The lowest BCUT2D eigenvalue weighted by Crippen LogP contribution is -2.25. The fourth-order valence-electron chi connectivity index (χ4n) is 3.10. The summed E-state index contributed by atoms with van der Waals surface area (Å²) >= 11 is 0. The van der Waals surface area contributed by atoms with Crippen LogP contribution in [-0.2, 0) is 6.54 Å². The van der Waals surface area contributed by atoms with Crippen molar-refractivity contribution in [2.75, 3.05) is 6.54 Å². The molecule has 0 aromatic carbocycles. The quantitative estimate of drug-likeness (QED) is 0.709. The van der Waals surface area contributed by atoms with Crippen molar-refractivity contribution >= 4 is 0 Å². The van der Waals surface area contributed by atoms with Gasteiger partial charge in [0.05, 0.1) is 6.20 Å². The van der Waals surface area contributed by atoms with Crippen molar-refractivity contribution in [1.29, 1.82) is 0 Å². The van der Waals surface area contributed by atoms with Crippen molar-refractivity contribution in [3.05, 3.63) is 18.0 Å². The van der Waals surface area contributed by atoms with Crippen LogP contribution < -0.4 is 5.32 Å². The van der Waals surface area contributed by atoms with Crippen LogP contribution in [0, 0.1) is 11.3 Å². The van der Waals surface area contributed by atoms with Crippen molar-refractivity contribution in [1.82, 2.24) is 15.1 Å². The Hall–Kier alpha value is -0.830. The monoisotopic (exact) mass is 293 g/mol. The first-order valence-electron chi connectivity index (χ1n) is 8.61. The lowest BCUT2D eigenvalue weighted by molar-refractivity contribution is 0.275. The van der Waals surface area contributed by atoms with Crippen LogP contribution in [0.3, 0.4) is 0 Å². The minimum atomic E-state index is 0.404. The minimum Gasteiger partial charge on any atom is -0.310 e. The Morgan fingerprint density at radius 2 is 1.95 bits per heavy atom. The van der Waals surface area contributed by atoms with Crippen LogP contribution in [0.15, 0.2) is 12.4 Å². The van der Waals surface area contributed by atoms with Gasteiger partial charge in [0.25, 0.3) is 0 Å². The number of aromatic nitrogens is 2. The zero-order chi connectivity index (χ0) is 15.9. The van der Waals surface area contributed by atoms with Gasteiger partial charge in [-0.3, -0.25) is 4.68 Å². The molecule has 0 aliphatic carbocycles. The first-order valence-corrected chi connectivity index (χ1v) is 8.61. The zero-order valence-electron chi connectivity index (χ0n) is 14.9. The van der Waals surface area contributed by atoms with E-state index in [0.717, 1.165) is 19.5 Å². The van der Waals surface area contributed by atoms with Gasteiger partial charge in [0.15, 0.2) is 0 Å². The minimum absolute atomic E-state index is 0.404. The summed E-state index contributed by atoms with van der Waals surface area (Å²) in [5.74, 6) is 0.717. The first kappa shape index (κ1) is 18.2. The fraction of sp³-hybridized carbons (Fsp3) is 0.833. The predicted octanol–water partition coefficient (Wildman–Crippen LogP) is 4.80. The van der Waals surface area contributed by atoms with Crippen LogP contribution in [0.1, 0.15) is 78.8 Å². The fourth-order valence-corrected chi connectivity index (χ4v) is 3.10. The van der Waals surface area contributed by atoms with E-state index in [4.69, 9.17) is 0 Å². The summed E-state index contributed by atoms with van der Waals surface area (Å²) in [6.07, 6.45) is 9.03. The Morgan fingerprint density at radius 3 is 2.52 bits per heavy atom. The van der Waals surface area contributed by atoms with Crippen molar-refractivity contribution in [2.45, 2.75) is 79.8 Å². The van der Waals surface area contributed by atoms with E-state index in [1.165, 1.54) is 24.8 Å². The average Bonchev–Trinajstić information content (AvgIpc) is 2.81. The van der Waals surface area contributed by atoms with Crippen molar-refractivity contribution < 1.29 is 0 Å². The van der Waals surface area contributed by atoms with Crippen LogP contribution in [0.2, 0.25) is 0 Å². The van der Waals surface area contributed by atoms with Gasteiger partial charge < -0.3 is 5.32 Å². The first-order chi connectivity index (χ1) is 9.85. The SMILES string of the molecule is CCCNC(CC(C)CC(C)(C)C)c1cnn(CCC)c1. The molecule has 3 heteroatoms. The van der Waals surface area contributed by atoms with Crippen LogP contribution in [-0.4, -0.2) is 16.3 Å². The Bertz CT molecular complexity index is 389. The molecule has 0 aliphatic heterocycles. The van der Waals surface area contributed by atoms with Crippen molar-refractivity contribution in [3.63, 3.8) is 0 Å². The van der Waals surface area contributed by atoms with Gasteiger partial charge in [0, 0.05) is 24.3 Å². The van der Waals surface area contributed by atoms with E-state index in [-0.39, 0.29) is 0 Å². The maximum Gasteiger partial charge on any atom is 0.0537 e. The Labute approximate surface area is 131 Å². The molecule has 0 fully saturated rings. The third kappa shape index (κ3) is 7.12. The maximum absolute atomic E-state index is 4.49. The second kappa shape index (κ2) is 8.57. The van der Waals surface area contributed by atoms with Crippen LogP contribution in [0.5, 0.6) is 0 Å². The smallest absolute Gasteiger partial charge is 0.0537 e. The van der Waals surface area contributed by atoms with Crippen molar-refractivity contribution in [3.8, 4) is 0 Å². The van der Waals surface area contributed by atoms with E-state index in [0.29, 0.717) is 17.4 Å². The van der Waals surface area contributed by atoms with Gasteiger partial charge in [-0.2, -0.15) is 5.10 Å². The van der Waals surface area contributed by atoms with E-state index < -0.39 is 0 Å². The molecule has 0 spiro atoms. The van der Waals surface area contributed by atoms with E-state index in [1.54, 1.807) is 0 Å². The molecule has 3 nitrogen and oxygen atoms in total. The molecular formula is C18H35N3. The van der Waals surface area contributed by atoms with E-state index in [9.17, 15) is 0 Å². The van der Waals surface area contributed by atoms with Crippen LogP contribution in [0.25, 0.3) is 0 Å². The summed E-state index contributed by atoms with van der Waals surface area (Å²) in [6, 6.07) is 0.438. The maximum atomic E-state index is 4.49. The van der Waals surface area contributed by atoms with Gasteiger partial charge in [-0.25, -0.2) is 0 Å². The van der Waals surface area contributed by atoms with Gasteiger partial charge in [-0.05, 0) is 43.6 Å². The molecule has 0 saturated carbocycles. The second-order valence-corrected chi connectivity index (χ2v) is 7.65. The molecule has 0 saturated heterocycles. The number of hydrogen-bond donors (Lipinski definition) is 1. The molecule has 122 valence electrons. The summed E-state index contributed by atoms with van der Waals surface area (Å²) in [7, 11) is 0. The molecule has 2 unspecified atom stereocenters. The number of rotatable bonds is 9. The van der Waals surface area contributed by atoms with Gasteiger partial charge in [-0.1, -0.05) is 41.5 Å². The van der Waals surface area contributed by atoms with E-state index >= 15 is 0 Å². The number of nitrogens with one attached hydrogen (secondary N) is 1. The molecule has 0 aliphatic rings. The summed E-state index contributed by atoms with van der Waals surface area (Å²) in [6.45, 7) is 15.9. The molecule has 1 aromatic rings. The lowest BCUT2D eigenvalue weighted by atomic mass is 9.82. The normalized spacial score (nSPS) is 15.1. The average molecular weight is 293 g/mol. The Balaban J connectivity index is 2.69. The summed E-state index contributed by atoms with van der Waals surface area (Å²) in [5.41, 5.74) is 1.75. The lowest BCUT2D eigenvalue weighted by Gasteiger charge is -2.27. The molecule has 1 heterocycles. The van der Waals surface area contributed by atoms with Crippen molar-refractivity contribution in [2.24, 2.45) is 11.3 Å². The largest absolute Gasteiger partial charge is 0.310 e. The highest BCUT2D eigenvalue weighted by Crippen LogP contribution is 2.30. The highest BCUT2D eigenvalue weighted by atomic mass is 15.3. The van der Waals surface area contributed by atoms with E-state index in [1.807, 2.05) is 6.20 Å². The van der Waals surface area contributed by atoms with Crippen LogP contribution in [0.4, 0.5) is 0 Å². The summed E-state index contributed by atoms with van der Waals surface area (Å²) in [4.78, 5) is 0. The van der Waals surface area contributed by atoms with Gasteiger partial charge in [0.2, 0.25) is 0 Å². The van der Waals surface area contributed by atoms with Crippen LogP contribution >= 0.6 is 0 Å². The standard InChI is InChI=1S/C18H35N3/c1-7-9-19-17(11-15(3)12-18(4,5)6)16-13-20-21(14-16)10-8-2/h13-15,17,19H,7-12H2,1-6H3. The third-order valence-corrected chi connectivity index (χ3v) is 3.75. The molecular weight excluding hydrogens is 258 g/mol. The molecule has 0 radical (unpaired) electrons. The Morgan fingerprint density at radius 1 is 1.24 bits per heavy atom. The third-order valence-electron chi connectivity index (χ3n) is 3.75. The topological polar surface area (TPSA) is 29.9 Å². The molecule has 0 amide bonds. The van der Waals surface area contributed by atoms with Gasteiger partial charge in [0.1, 0.15) is 0 Å². The summed E-state index contributed by atoms with van der Waals surface area (Å²) in [5, 5.41) is 8.20. The molecule has 1 rings (SSSR count). The number of aryl methyl sites for hydroxylation is 1. The number of hydrogen-bond acceptors (Lipinski definition) is 2. The predicted molar refractivity (Wildman–Crippen MR) is 91.4 cm³/mol. The van der Waals surface area contributed by atoms with Gasteiger partial charge in [-0.15, -0.1) is 0 Å². The van der Waals surface area contributed by atoms with Gasteiger partial charge >= 0.3 is 0 Å². The molecule has 1 aromatic heterocycles. The summed E-state index contributed by atoms with van der Waals surface area (Å²) < 4.78 is 2.07. The Kier molecular flexibility index (Phi) is 7.44. The highest BCUT2D eigenvalue weighted by Gasteiger charge is 2.20. The molecule has 21 heavy (non-hydrogen) atoms. The molecule has 0 bridgehead atoms.